The van der Waals surface area contributed by atoms with Crippen LogP contribution in [-0.2, 0) is 7.05 Å². The lowest BCUT2D eigenvalue weighted by atomic mass is 9.89. The first-order valence-electron chi connectivity index (χ1n) is 11.3. The molecule has 1 saturated heterocycles. The van der Waals surface area contributed by atoms with Gasteiger partial charge in [0.1, 0.15) is 15.7 Å². The SMILES string of the molecule is Cn1ncc(NC(=O)c2nc(C=CC3CCCCC3)sc2N)c1N1CCC(CN)CC1. The first kappa shape index (κ1) is 21.8. The number of piperidine rings is 1. The molecule has 0 radical (unpaired) electrons. The first-order valence-corrected chi connectivity index (χ1v) is 12.1. The Balaban J connectivity index is 1.44. The van der Waals surface area contributed by atoms with E-state index in [-0.39, 0.29) is 11.6 Å². The molecule has 3 heterocycles. The van der Waals surface area contributed by atoms with Crippen LogP contribution in [0.2, 0.25) is 0 Å². The maximum Gasteiger partial charge on any atom is 0.277 e. The van der Waals surface area contributed by atoms with E-state index in [2.05, 4.69) is 26.4 Å². The molecule has 2 fully saturated rings. The smallest absolute Gasteiger partial charge is 0.277 e. The highest BCUT2D eigenvalue weighted by Gasteiger charge is 2.25. The summed E-state index contributed by atoms with van der Waals surface area (Å²) in [6, 6.07) is 0. The van der Waals surface area contributed by atoms with Crippen molar-refractivity contribution in [3.05, 3.63) is 23.0 Å². The minimum Gasteiger partial charge on any atom is -0.389 e. The summed E-state index contributed by atoms with van der Waals surface area (Å²) in [6.07, 6.45) is 14.4. The molecule has 0 atom stereocenters. The van der Waals surface area contributed by atoms with E-state index in [1.165, 1.54) is 43.4 Å². The van der Waals surface area contributed by atoms with Crippen molar-refractivity contribution in [3.8, 4) is 0 Å². The molecule has 0 spiro atoms. The van der Waals surface area contributed by atoms with E-state index >= 15 is 0 Å². The number of nitrogens with two attached hydrogens (primary N) is 2. The van der Waals surface area contributed by atoms with Crippen LogP contribution in [0.5, 0.6) is 0 Å². The van der Waals surface area contributed by atoms with Gasteiger partial charge >= 0.3 is 0 Å². The van der Waals surface area contributed by atoms with Crippen LogP contribution in [0.1, 0.15) is 60.4 Å². The monoisotopic (exact) mass is 443 g/mol. The summed E-state index contributed by atoms with van der Waals surface area (Å²) in [5.74, 6) is 1.79. The summed E-state index contributed by atoms with van der Waals surface area (Å²) in [5, 5.41) is 8.56. The van der Waals surface area contributed by atoms with E-state index in [0.717, 1.165) is 43.3 Å². The van der Waals surface area contributed by atoms with Crippen LogP contribution < -0.4 is 21.7 Å². The van der Waals surface area contributed by atoms with Gasteiger partial charge in [-0.15, -0.1) is 0 Å². The zero-order valence-corrected chi connectivity index (χ0v) is 19.0. The number of carbonyl (C=O) groups is 1. The molecule has 8 nitrogen and oxygen atoms in total. The van der Waals surface area contributed by atoms with E-state index in [1.54, 1.807) is 10.9 Å². The van der Waals surface area contributed by atoms with Gasteiger partial charge in [0.05, 0.1) is 6.20 Å². The van der Waals surface area contributed by atoms with Crippen molar-refractivity contribution in [3.63, 3.8) is 0 Å². The predicted octanol–water partition coefficient (Wildman–Crippen LogP) is 3.48. The summed E-state index contributed by atoms with van der Waals surface area (Å²) < 4.78 is 1.81. The number of amides is 1. The number of carbonyl (C=O) groups excluding carboxylic acids is 1. The third-order valence-corrected chi connectivity index (χ3v) is 7.30. The molecular weight excluding hydrogens is 410 g/mol. The van der Waals surface area contributed by atoms with Gasteiger partial charge < -0.3 is 21.7 Å². The van der Waals surface area contributed by atoms with Crippen LogP contribution in [0.25, 0.3) is 6.08 Å². The number of hydrogen-bond acceptors (Lipinski definition) is 7. The second kappa shape index (κ2) is 9.82. The number of nitrogens with zero attached hydrogens (tertiary/aromatic N) is 4. The maximum atomic E-state index is 13.0. The van der Waals surface area contributed by atoms with Crippen molar-refractivity contribution in [1.29, 1.82) is 0 Å². The van der Waals surface area contributed by atoms with Gasteiger partial charge in [0, 0.05) is 20.1 Å². The Morgan fingerprint density at radius 1 is 1.26 bits per heavy atom. The fourth-order valence-corrected chi connectivity index (χ4v) is 5.33. The molecule has 0 aromatic carbocycles. The number of nitrogens with one attached hydrogen (secondary N) is 1. The van der Waals surface area contributed by atoms with Gasteiger partial charge in [-0.2, -0.15) is 5.10 Å². The van der Waals surface area contributed by atoms with Crippen LogP contribution >= 0.6 is 11.3 Å². The van der Waals surface area contributed by atoms with Gasteiger partial charge in [0.15, 0.2) is 11.5 Å². The van der Waals surface area contributed by atoms with Gasteiger partial charge in [-0.3, -0.25) is 9.48 Å². The average molecular weight is 444 g/mol. The Morgan fingerprint density at radius 3 is 2.71 bits per heavy atom. The van der Waals surface area contributed by atoms with Crippen LogP contribution in [0, 0.1) is 11.8 Å². The van der Waals surface area contributed by atoms with E-state index in [0.29, 0.717) is 22.5 Å². The van der Waals surface area contributed by atoms with Gasteiger partial charge in [0.2, 0.25) is 0 Å². The molecule has 4 rings (SSSR count). The first-order chi connectivity index (χ1) is 15.0. The zero-order chi connectivity index (χ0) is 21.8. The van der Waals surface area contributed by atoms with Crippen molar-refractivity contribution in [2.45, 2.75) is 44.9 Å². The van der Waals surface area contributed by atoms with E-state index in [4.69, 9.17) is 11.5 Å². The van der Waals surface area contributed by atoms with E-state index < -0.39 is 0 Å². The van der Waals surface area contributed by atoms with Crippen molar-refractivity contribution < 1.29 is 4.79 Å². The summed E-state index contributed by atoms with van der Waals surface area (Å²) >= 11 is 1.36. The average Bonchev–Trinajstić information content (AvgIpc) is 3.35. The fraction of sp³-hybridized carbons (Fsp3) is 0.591. The second-order valence-corrected chi connectivity index (χ2v) is 9.71. The van der Waals surface area contributed by atoms with Crippen molar-refractivity contribution in [1.82, 2.24) is 14.8 Å². The molecule has 1 saturated carbocycles. The highest BCUT2D eigenvalue weighted by molar-refractivity contribution is 7.16. The van der Waals surface area contributed by atoms with Crippen LogP contribution in [-0.4, -0.2) is 40.3 Å². The second-order valence-electron chi connectivity index (χ2n) is 8.65. The zero-order valence-electron chi connectivity index (χ0n) is 18.2. The van der Waals surface area contributed by atoms with E-state index in [9.17, 15) is 4.79 Å². The quantitative estimate of drug-likeness (QED) is 0.630. The van der Waals surface area contributed by atoms with Crippen molar-refractivity contribution in [2.75, 3.05) is 35.6 Å². The highest BCUT2D eigenvalue weighted by Crippen LogP contribution is 2.31. The topological polar surface area (TPSA) is 115 Å². The molecule has 168 valence electrons. The highest BCUT2D eigenvalue weighted by atomic mass is 32.1. The Hall–Kier alpha value is -2.39. The maximum absolute atomic E-state index is 13.0. The Labute approximate surface area is 187 Å². The minimum atomic E-state index is -0.294. The molecule has 31 heavy (non-hydrogen) atoms. The lowest BCUT2D eigenvalue weighted by Crippen LogP contribution is -2.37. The number of allylic oxidation sites excluding steroid dienone is 1. The van der Waals surface area contributed by atoms with Gasteiger partial charge in [0.25, 0.3) is 5.91 Å². The molecule has 9 heteroatoms. The number of anilines is 3. The molecule has 5 N–H and O–H groups in total. The Bertz CT molecular complexity index is 920. The molecule has 1 amide bonds. The lowest BCUT2D eigenvalue weighted by Gasteiger charge is -2.33. The molecule has 2 aromatic rings. The normalized spacial score (nSPS) is 18.7. The summed E-state index contributed by atoms with van der Waals surface area (Å²) in [5.41, 5.74) is 12.9. The number of aryl methyl sites for hydroxylation is 1. The Kier molecular flexibility index (Phi) is 6.92. The summed E-state index contributed by atoms with van der Waals surface area (Å²) in [7, 11) is 1.89. The summed E-state index contributed by atoms with van der Waals surface area (Å²) in [4.78, 5) is 19.7. The molecule has 1 aliphatic heterocycles. The Morgan fingerprint density at radius 2 is 2.00 bits per heavy atom. The van der Waals surface area contributed by atoms with Crippen molar-refractivity contribution in [2.24, 2.45) is 24.6 Å². The largest absolute Gasteiger partial charge is 0.389 e. The third kappa shape index (κ3) is 5.10. The van der Waals surface area contributed by atoms with Gasteiger partial charge in [-0.25, -0.2) is 4.98 Å². The van der Waals surface area contributed by atoms with Crippen LogP contribution in [0.4, 0.5) is 16.5 Å². The molecule has 0 bridgehead atoms. The number of hydrogen-bond donors (Lipinski definition) is 3. The lowest BCUT2D eigenvalue weighted by molar-refractivity contribution is 0.102. The molecule has 2 aromatic heterocycles. The minimum absolute atomic E-state index is 0.282. The molecular formula is C22H33N7OS. The van der Waals surface area contributed by atoms with Gasteiger partial charge in [-0.05, 0) is 50.1 Å². The van der Waals surface area contributed by atoms with Crippen molar-refractivity contribution >= 4 is 39.8 Å². The number of aromatic nitrogens is 3. The predicted molar refractivity (Wildman–Crippen MR) is 127 cm³/mol. The fourth-order valence-electron chi connectivity index (χ4n) is 4.58. The van der Waals surface area contributed by atoms with Gasteiger partial charge in [-0.1, -0.05) is 36.7 Å². The standard InChI is InChI=1S/C22H33N7OS/c1-28-22(29-11-9-16(13-23)10-12-29)17(14-25-28)26-21(30)19-20(24)31-18(27-19)8-7-15-5-3-2-4-6-15/h7-8,14-16H,2-6,9-13,23-24H2,1H3,(H,26,30). The number of nitrogen functional groups attached to an aromatic ring is 1. The molecule has 0 unspecified atom stereocenters. The number of thiazole rings is 1. The van der Waals surface area contributed by atoms with E-state index in [1.807, 2.05) is 13.1 Å². The van der Waals surface area contributed by atoms with Crippen LogP contribution in [0.3, 0.4) is 0 Å². The molecule has 2 aliphatic rings. The van der Waals surface area contributed by atoms with Crippen LogP contribution in [0.15, 0.2) is 12.3 Å². The third-order valence-electron chi connectivity index (χ3n) is 6.45. The number of rotatable bonds is 6. The molecule has 1 aliphatic carbocycles. The summed E-state index contributed by atoms with van der Waals surface area (Å²) in [6.45, 7) is 2.53.